The van der Waals surface area contributed by atoms with Crippen LogP contribution in [0.15, 0.2) is 27.1 Å². The molecule has 0 fully saturated rings. The zero-order chi connectivity index (χ0) is 15.1. The third-order valence-electron chi connectivity index (χ3n) is 2.37. The van der Waals surface area contributed by atoms with Crippen molar-refractivity contribution in [3.63, 3.8) is 0 Å². The van der Waals surface area contributed by atoms with Crippen molar-refractivity contribution in [1.29, 1.82) is 0 Å². The van der Waals surface area contributed by atoms with E-state index in [4.69, 9.17) is 9.84 Å². The van der Waals surface area contributed by atoms with Gasteiger partial charge in [0.2, 0.25) is 0 Å². The summed E-state index contributed by atoms with van der Waals surface area (Å²) in [5.41, 5.74) is 0.547. The molecule has 20 heavy (non-hydrogen) atoms. The number of carbonyl (C=O) groups is 2. The first-order chi connectivity index (χ1) is 9.45. The zero-order valence-corrected chi connectivity index (χ0v) is 13.9. The Morgan fingerprint density at radius 1 is 1.35 bits per heavy atom. The number of rotatable bonds is 6. The lowest BCUT2D eigenvalue weighted by Crippen LogP contribution is -2.40. The Morgan fingerprint density at radius 3 is 2.45 bits per heavy atom. The SMILES string of the molecule is COCCN(CC(=O)O)C(=O)Nc1c(Br)cccc1Br. The zero-order valence-electron chi connectivity index (χ0n) is 10.7. The summed E-state index contributed by atoms with van der Waals surface area (Å²) >= 11 is 6.65. The van der Waals surface area contributed by atoms with Crippen LogP contribution in [-0.2, 0) is 9.53 Å². The minimum Gasteiger partial charge on any atom is -0.480 e. The number of aliphatic carboxylic acids is 1. The Bertz CT molecular complexity index is 476. The van der Waals surface area contributed by atoms with Crippen LogP contribution in [0.4, 0.5) is 10.5 Å². The van der Waals surface area contributed by atoms with Gasteiger partial charge in [0.25, 0.3) is 0 Å². The topological polar surface area (TPSA) is 78.9 Å². The second-order valence-electron chi connectivity index (χ2n) is 3.83. The highest BCUT2D eigenvalue weighted by atomic mass is 79.9. The number of para-hydroxylation sites is 1. The van der Waals surface area contributed by atoms with Crippen LogP contribution in [0.25, 0.3) is 0 Å². The summed E-state index contributed by atoms with van der Waals surface area (Å²) in [5.74, 6) is -1.08. The molecule has 110 valence electrons. The van der Waals surface area contributed by atoms with Crippen LogP contribution in [0.3, 0.4) is 0 Å². The maximum Gasteiger partial charge on any atom is 0.323 e. The van der Waals surface area contributed by atoms with Crippen LogP contribution in [0, 0.1) is 0 Å². The number of carboxylic acids is 1. The van der Waals surface area contributed by atoms with Crippen molar-refractivity contribution >= 4 is 49.5 Å². The van der Waals surface area contributed by atoms with Crippen molar-refractivity contribution in [3.05, 3.63) is 27.1 Å². The largest absolute Gasteiger partial charge is 0.480 e. The normalized spacial score (nSPS) is 10.2. The average Bonchev–Trinajstić information content (AvgIpc) is 2.38. The Kier molecular flexibility index (Phi) is 6.97. The first-order valence-electron chi connectivity index (χ1n) is 5.66. The van der Waals surface area contributed by atoms with Gasteiger partial charge in [-0.2, -0.15) is 0 Å². The quantitative estimate of drug-likeness (QED) is 0.757. The third kappa shape index (κ3) is 5.10. The predicted octanol–water partition coefficient (Wildman–Crippen LogP) is 2.78. The Hall–Kier alpha value is -1.12. The van der Waals surface area contributed by atoms with E-state index in [0.29, 0.717) is 14.6 Å². The van der Waals surface area contributed by atoms with Gasteiger partial charge in [-0.05, 0) is 44.0 Å². The smallest absolute Gasteiger partial charge is 0.323 e. The maximum absolute atomic E-state index is 12.1. The van der Waals surface area contributed by atoms with Crippen LogP contribution in [-0.4, -0.2) is 48.8 Å². The van der Waals surface area contributed by atoms with Gasteiger partial charge >= 0.3 is 12.0 Å². The van der Waals surface area contributed by atoms with E-state index in [9.17, 15) is 9.59 Å². The molecule has 0 aromatic heterocycles. The highest BCUT2D eigenvalue weighted by molar-refractivity contribution is 9.11. The molecule has 1 rings (SSSR count). The molecule has 0 spiro atoms. The van der Waals surface area contributed by atoms with Crippen LogP contribution in [0.1, 0.15) is 0 Å². The van der Waals surface area contributed by atoms with E-state index in [1.807, 2.05) is 6.07 Å². The van der Waals surface area contributed by atoms with E-state index in [1.165, 1.54) is 7.11 Å². The number of hydrogen-bond donors (Lipinski definition) is 2. The average molecular weight is 410 g/mol. The van der Waals surface area contributed by atoms with E-state index in [2.05, 4.69) is 37.2 Å². The minimum absolute atomic E-state index is 0.191. The van der Waals surface area contributed by atoms with E-state index in [1.54, 1.807) is 12.1 Å². The van der Waals surface area contributed by atoms with Crippen molar-refractivity contribution in [2.75, 3.05) is 32.1 Å². The van der Waals surface area contributed by atoms with Gasteiger partial charge in [0.1, 0.15) is 6.54 Å². The third-order valence-corrected chi connectivity index (χ3v) is 3.70. The highest BCUT2D eigenvalue weighted by Gasteiger charge is 2.18. The van der Waals surface area contributed by atoms with Crippen LogP contribution in [0.5, 0.6) is 0 Å². The number of nitrogens with one attached hydrogen (secondary N) is 1. The van der Waals surface area contributed by atoms with Gasteiger partial charge in [0.05, 0.1) is 12.3 Å². The molecular weight excluding hydrogens is 396 g/mol. The molecule has 0 radical (unpaired) electrons. The van der Waals surface area contributed by atoms with Gasteiger partial charge in [-0.15, -0.1) is 0 Å². The molecule has 0 unspecified atom stereocenters. The van der Waals surface area contributed by atoms with Gasteiger partial charge in [-0.25, -0.2) is 4.79 Å². The van der Waals surface area contributed by atoms with Gasteiger partial charge in [-0.3, -0.25) is 4.79 Å². The van der Waals surface area contributed by atoms with Gasteiger partial charge in [0.15, 0.2) is 0 Å². The molecule has 1 aromatic rings. The van der Waals surface area contributed by atoms with Gasteiger partial charge in [0, 0.05) is 22.6 Å². The summed E-state index contributed by atoms with van der Waals surface area (Å²) in [6.45, 7) is 0.0613. The molecule has 2 amide bonds. The summed E-state index contributed by atoms with van der Waals surface area (Å²) in [4.78, 5) is 24.1. The lowest BCUT2D eigenvalue weighted by molar-refractivity contribution is -0.137. The maximum atomic E-state index is 12.1. The molecule has 0 saturated heterocycles. The molecule has 8 heteroatoms. The monoisotopic (exact) mass is 408 g/mol. The first-order valence-corrected chi connectivity index (χ1v) is 7.25. The molecule has 0 saturated carbocycles. The predicted molar refractivity (Wildman–Crippen MR) is 81.9 cm³/mol. The first kappa shape index (κ1) is 16.9. The van der Waals surface area contributed by atoms with Crippen LogP contribution < -0.4 is 5.32 Å². The number of hydrogen-bond acceptors (Lipinski definition) is 3. The van der Waals surface area contributed by atoms with E-state index in [-0.39, 0.29) is 13.2 Å². The molecule has 6 nitrogen and oxygen atoms in total. The molecule has 0 aliphatic carbocycles. The van der Waals surface area contributed by atoms with E-state index < -0.39 is 18.5 Å². The summed E-state index contributed by atoms with van der Waals surface area (Å²) in [7, 11) is 1.49. The summed E-state index contributed by atoms with van der Waals surface area (Å²) in [6.07, 6.45) is 0. The molecule has 0 aliphatic heterocycles. The second-order valence-corrected chi connectivity index (χ2v) is 5.54. The van der Waals surface area contributed by atoms with Crippen LogP contribution >= 0.6 is 31.9 Å². The number of carbonyl (C=O) groups excluding carboxylic acids is 1. The fraction of sp³-hybridized carbons (Fsp3) is 0.333. The molecule has 0 heterocycles. The Morgan fingerprint density at radius 2 is 1.95 bits per heavy atom. The fourth-order valence-electron chi connectivity index (χ4n) is 1.42. The Balaban J connectivity index is 2.81. The molecule has 0 bridgehead atoms. The number of benzene rings is 1. The van der Waals surface area contributed by atoms with Crippen molar-refractivity contribution in [3.8, 4) is 0 Å². The van der Waals surface area contributed by atoms with Crippen molar-refractivity contribution in [2.45, 2.75) is 0 Å². The lowest BCUT2D eigenvalue weighted by atomic mass is 10.3. The van der Waals surface area contributed by atoms with Crippen LogP contribution in [0.2, 0.25) is 0 Å². The van der Waals surface area contributed by atoms with Gasteiger partial charge < -0.3 is 20.1 Å². The number of halogens is 2. The molecule has 1 aromatic carbocycles. The van der Waals surface area contributed by atoms with Crippen molar-refractivity contribution in [1.82, 2.24) is 4.90 Å². The van der Waals surface area contributed by atoms with Crippen molar-refractivity contribution in [2.24, 2.45) is 0 Å². The Labute approximate surface area is 133 Å². The molecule has 0 atom stereocenters. The number of nitrogens with zero attached hydrogens (tertiary/aromatic N) is 1. The molecule has 2 N–H and O–H groups in total. The van der Waals surface area contributed by atoms with Crippen molar-refractivity contribution < 1.29 is 19.4 Å². The second kappa shape index (κ2) is 8.23. The number of ether oxygens (including phenoxy) is 1. The van der Waals surface area contributed by atoms with E-state index in [0.717, 1.165) is 4.90 Å². The molecule has 0 aliphatic rings. The summed E-state index contributed by atoms with van der Waals surface area (Å²) < 4.78 is 6.26. The number of carboxylic acid groups (broad SMARTS) is 1. The number of methoxy groups -OCH3 is 1. The summed E-state index contributed by atoms with van der Waals surface area (Å²) in [5, 5.41) is 11.5. The highest BCUT2D eigenvalue weighted by Crippen LogP contribution is 2.30. The molecular formula is C12H14Br2N2O4. The minimum atomic E-state index is -1.08. The lowest BCUT2D eigenvalue weighted by Gasteiger charge is -2.21. The number of urea groups is 1. The fourth-order valence-corrected chi connectivity index (χ4v) is 2.62. The standard InChI is InChI=1S/C12H14Br2N2O4/c1-20-6-5-16(7-10(17)18)12(19)15-11-8(13)3-2-4-9(11)14/h2-4H,5-7H2,1H3,(H,15,19)(H,17,18). The number of anilines is 1. The number of amides is 2. The summed E-state index contributed by atoms with van der Waals surface area (Å²) in [6, 6.07) is 4.86. The van der Waals surface area contributed by atoms with E-state index >= 15 is 0 Å². The van der Waals surface area contributed by atoms with Gasteiger partial charge in [-0.1, -0.05) is 6.07 Å².